The summed E-state index contributed by atoms with van der Waals surface area (Å²) in [6, 6.07) is 0. The van der Waals surface area contributed by atoms with E-state index >= 15 is 0 Å². The van der Waals surface area contributed by atoms with Crippen LogP contribution in [0.25, 0.3) is 0 Å². The second-order valence-electron chi connectivity index (χ2n) is 3.24. The molecule has 15 heavy (non-hydrogen) atoms. The van der Waals surface area contributed by atoms with E-state index in [9.17, 15) is 34.8 Å². The molecular formula is C6H6F6O2S. The number of sulfone groups is 1. The van der Waals surface area contributed by atoms with E-state index in [0.717, 1.165) is 0 Å². The zero-order valence-corrected chi connectivity index (χ0v) is 7.93. The van der Waals surface area contributed by atoms with E-state index in [1.165, 1.54) is 0 Å². The molecule has 0 N–H and O–H groups in total. The minimum atomic E-state index is -5.82. The van der Waals surface area contributed by atoms with Crippen molar-refractivity contribution in [1.82, 2.24) is 0 Å². The third-order valence-electron chi connectivity index (χ3n) is 2.39. The largest absolute Gasteiger partial charge is 0.417 e. The third kappa shape index (κ3) is 1.51. The molecule has 1 rings (SSSR count). The van der Waals surface area contributed by atoms with Crippen LogP contribution in [0.15, 0.2) is 0 Å². The zero-order chi connectivity index (χ0) is 12.1. The first-order valence-corrected chi connectivity index (χ1v) is 5.47. The molecule has 0 radical (unpaired) electrons. The predicted molar refractivity (Wildman–Crippen MR) is 37.9 cm³/mol. The van der Waals surface area contributed by atoms with Crippen LogP contribution in [-0.2, 0) is 9.84 Å². The van der Waals surface area contributed by atoms with Crippen molar-refractivity contribution in [1.29, 1.82) is 0 Å². The maximum absolute atomic E-state index is 12.3. The summed E-state index contributed by atoms with van der Waals surface area (Å²) in [5.41, 5.74) is 0. The van der Waals surface area contributed by atoms with Crippen molar-refractivity contribution in [3.05, 3.63) is 0 Å². The molecule has 0 spiro atoms. The van der Waals surface area contributed by atoms with Gasteiger partial charge in [0.2, 0.25) is 0 Å². The highest BCUT2D eigenvalue weighted by molar-refractivity contribution is 7.93. The van der Waals surface area contributed by atoms with Crippen molar-refractivity contribution in [2.24, 2.45) is 0 Å². The topological polar surface area (TPSA) is 34.1 Å². The Hall–Kier alpha value is -0.470. The van der Waals surface area contributed by atoms with Gasteiger partial charge in [0.25, 0.3) is 4.75 Å². The Balaban J connectivity index is 3.47. The molecule has 0 atom stereocenters. The molecule has 0 aliphatic carbocycles. The SMILES string of the molecule is O=S1(=O)CCCC1(C(F)(F)F)C(F)(F)F. The highest BCUT2D eigenvalue weighted by Crippen LogP contribution is 2.54. The zero-order valence-electron chi connectivity index (χ0n) is 7.11. The van der Waals surface area contributed by atoms with Crippen LogP contribution in [0.3, 0.4) is 0 Å². The van der Waals surface area contributed by atoms with Gasteiger partial charge in [0, 0.05) is 0 Å². The Morgan fingerprint density at radius 3 is 1.47 bits per heavy atom. The van der Waals surface area contributed by atoms with Gasteiger partial charge in [0.15, 0.2) is 9.84 Å². The fourth-order valence-corrected chi connectivity index (χ4v) is 3.67. The molecule has 0 saturated carbocycles. The molecular weight excluding hydrogens is 250 g/mol. The van der Waals surface area contributed by atoms with Crippen LogP contribution in [0.5, 0.6) is 0 Å². The quantitative estimate of drug-likeness (QED) is 0.622. The predicted octanol–water partition coefficient (Wildman–Crippen LogP) is 2.06. The minimum Gasteiger partial charge on any atom is -0.228 e. The third-order valence-corrected chi connectivity index (χ3v) is 4.94. The lowest BCUT2D eigenvalue weighted by atomic mass is 10.0. The molecule has 0 bridgehead atoms. The van der Waals surface area contributed by atoms with Gasteiger partial charge in [0.05, 0.1) is 5.75 Å². The van der Waals surface area contributed by atoms with Crippen molar-refractivity contribution in [2.45, 2.75) is 29.9 Å². The van der Waals surface area contributed by atoms with E-state index in [1.54, 1.807) is 0 Å². The second-order valence-corrected chi connectivity index (χ2v) is 5.58. The van der Waals surface area contributed by atoms with Crippen LogP contribution < -0.4 is 0 Å². The van der Waals surface area contributed by atoms with Gasteiger partial charge in [-0.1, -0.05) is 0 Å². The van der Waals surface area contributed by atoms with Gasteiger partial charge in [-0.05, 0) is 12.8 Å². The Morgan fingerprint density at radius 1 is 0.933 bits per heavy atom. The average molecular weight is 256 g/mol. The Morgan fingerprint density at radius 2 is 1.33 bits per heavy atom. The molecule has 0 unspecified atom stereocenters. The van der Waals surface area contributed by atoms with E-state index in [1.807, 2.05) is 0 Å². The molecule has 1 fully saturated rings. The molecule has 1 saturated heterocycles. The van der Waals surface area contributed by atoms with E-state index in [4.69, 9.17) is 0 Å². The van der Waals surface area contributed by atoms with E-state index in [-0.39, 0.29) is 0 Å². The molecule has 2 nitrogen and oxygen atoms in total. The highest BCUT2D eigenvalue weighted by Gasteiger charge is 2.79. The molecule has 0 aromatic heterocycles. The molecule has 1 aliphatic heterocycles. The summed E-state index contributed by atoms with van der Waals surface area (Å²) in [6.07, 6.45) is -13.7. The van der Waals surface area contributed by atoms with E-state index in [2.05, 4.69) is 0 Å². The van der Waals surface area contributed by atoms with Crippen molar-refractivity contribution in [3.8, 4) is 0 Å². The fraction of sp³-hybridized carbons (Fsp3) is 1.00. The van der Waals surface area contributed by atoms with Gasteiger partial charge in [-0.2, -0.15) is 26.3 Å². The standard InChI is InChI=1S/C6H6F6O2S/c7-5(8,9)4(6(10,11)12)2-1-3-15(4,13)14/h1-3H2. The lowest BCUT2D eigenvalue weighted by molar-refractivity contribution is -0.266. The molecule has 1 heterocycles. The van der Waals surface area contributed by atoms with Crippen molar-refractivity contribution < 1.29 is 34.8 Å². The van der Waals surface area contributed by atoms with Gasteiger partial charge >= 0.3 is 12.4 Å². The van der Waals surface area contributed by atoms with Gasteiger partial charge in [0.1, 0.15) is 0 Å². The fourth-order valence-electron chi connectivity index (χ4n) is 1.64. The molecule has 0 aromatic carbocycles. The number of hydrogen-bond donors (Lipinski definition) is 0. The second kappa shape index (κ2) is 3.02. The number of halogens is 6. The molecule has 90 valence electrons. The van der Waals surface area contributed by atoms with Crippen molar-refractivity contribution in [2.75, 3.05) is 5.75 Å². The van der Waals surface area contributed by atoms with E-state index < -0.39 is 45.5 Å². The summed E-state index contributed by atoms with van der Waals surface area (Å²) in [5, 5.41) is 0. The molecule has 9 heteroatoms. The number of rotatable bonds is 0. The molecule has 0 amide bonds. The smallest absolute Gasteiger partial charge is 0.228 e. The van der Waals surface area contributed by atoms with Crippen LogP contribution in [-0.4, -0.2) is 31.3 Å². The lowest BCUT2D eigenvalue weighted by Gasteiger charge is -2.32. The lowest BCUT2D eigenvalue weighted by Crippen LogP contribution is -2.59. The summed E-state index contributed by atoms with van der Waals surface area (Å²) < 4.78 is 91.2. The number of hydrogen-bond acceptors (Lipinski definition) is 2. The first kappa shape index (κ1) is 12.6. The summed E-state index contributed by atoms with van der Waals surface area (Å²) >= 11 is 0. The van der Waals surface area contributed by atoms with Crippen molar-refractivity contribution >= 4 is 9.84 Å². The normalized spacial score (nSPS) is 25.5. The Bertz CT molecular complexity index is 337. The average Bonchev–Trinajstić information content (AvgIpc) is 2.21. The van der Waals surface area contributed by atoms with Crippen LogP contribution >= 0.6 is 0 Å². The summed E-state index contributed by atoms with van der Waals surface area (Å²) in [5.74, 6) is -1.08. The molecule has 0 aromatic rings. The van der Waals surface area contributed by atoms with Gasteiger partial charge in [-0.15, -0.1) is 0 Å². The van der Waals surface area contributed by atoms with E-state index in [0.29, 0.717) is 0 Å². The molecule has 1 aliphatic rings. The Kier molecular flexibility index (Phi) is 2.53. The van der Waals surface area contributed by atoms with Crippen LogP contribution in [0.4, 0.5) is 26.3 Å². The minimum absolute atomic E-state index is 0.624. The monoisotopic (exact) mass is 256 g/mol. The van der Waals surface area contributed by atoms with Gasteiger partial charge in [-0.3, -0.25) is 0 Å². The van der Waals surface area contributed by atoms with Crippen LogP contribution in [0, 0.1) is 0 Å². The summed E-state index contributed by atoms with van der Waals surface area (Å²) in [7, 11) is -5.21. The van der Waals surface area contributed by atoms with Gasteiger partial charge < -0.3 is 0 Å². The number of alkyl halides is 6. The van der Waals surface area contributed by atoms with Crippen LogP contribution in [0.2, 0.25) is 0 Å². The van der Waals surface area contributed by atoms with Crippen LogP contribution in [0.1, 0.15) is 12.8 Å². The summed E-state index contributed by atoms with van der Waals surface area (Å²) in [4.78, 5) is 0. The Labute approximate surface area is 81.2 Å². The van der Waals surface area contributed by atoms with Gasteiger partial charge in [-0.25, -0.2) is 8.42 Å². The first-order valence-electron chi connectivity index (χ1n) is 3.81. The summed E-state index contributed by atoms with van der Waals surface area (Å²) in [6.45, 7) is 0. The maximum Gasteiger partial charge on any atom is 0.417 e. The van der Waals surface area contributed by atoms with Crippen molar-refractivity contribution in [3.63, 3.8) is 0 Å². The maximum atomic E-state index is 12.3. The first-order chi connectivity index (χ1) is 6.46. The highest BCUT2D eigenvalue weighted by atomic mass is 32.2.